The molecule has 6 nitrogen and oxygen atoms in total. The van der Waals surface area contributed by atoms with Crippen LogP contribution in [-0.4, -0.2) is 30.1 Å². The molecule has 0 unspecified atom stereocenters. The van der Waals surface area contributed by atoms with Crippen LogP contribution in [0.4, 0.5) is 0 Å². The maximum absolute atomic E-state index is 13.1. The molecule has 3 aromatic carbocycles. The van der Waals surface area contributed by atoms with E-state index in [9.17, 15) is 4.79 Å². The van der Waals surface area contributed by atoms with E-state index < -0.39 is 0 Å². The molecule has 0 fully saturated rings. The number of amides is 1. The summed E-state index contributed by atoms with van der Waals surface area (Å²) in [6, 6.07) is 24.5. The van der Waals surface area contributed by atoms with Gasteiger partial charge in [-0.05, 0) is 35.4 Å². The van der Waals surface area contributed by atoms with Crippen LogP contribution in [0.15, 0.2) is 91.3 Å². The molecule has 4 rings (SSSR count). The summed E-state index contributed by atoms with van der Waals surface area (Å²) < 4.78 is 10.5. The second kappa shape index (κ2) is 9.75. The lowest BCUT2D eigenvalue weighted by atomic mass is 9.98. The number of rotatable bonds is 7. The van der Waals surface area contributed by atoms with Crippen molar-refractivity contribution in [1.29, 1.82) is 0 Å². The molecule has 6 heteroatoms. The van der Waals surface area contributed by atoms with Crippen molar-refractivity contribution in [3.63, 3.8) is 0 Å². The molecular weight excluding hydrogens is 402 g/mol. The summed E-state index contributed by atoms with van der Waals surface area (Å²) in [5.74, 6) is 1.81. The second-order valence-electron chi connectivity index (χ2n) is 7.11. The van der Waals surface area contributed by atoms with Gasteiger partial charge in [-0.1, -0.05) is 54.6 Å². The van der Waals surface area contributed by atoms with Crippen molar-refractivity contribution in [2.24, 2.45) is 0 Å². The molecule has 1 amide bonds. The number of ether oxygens (including phenoxy) is 2. The van der Waals surface area contributed by atoms with Crippen molar-refractivity contribution < 1.29 is 14.3 Å². The summed E-state index contributed by atoms with van der Waals surface area (Å²) >= 11 is 0. The number of aromatic nitrogens is 2. The molecule has 0 saturated heterocycles. The van der Waals surface area contributed by atoms with Gasteiger partial charge in [-0.25, -0.2) is 9.97 Å². The molecule has 0 aliphatic heterocycles. The highest BCUT2D eigenvalue weighted by molar-refractivity contribution is 5.94. The SMILES string of the molecule is COc1ccc(C(NC(=O)c2cnc(-c3ccccc3)nc2)c2ccc(OC)cc2)cc1. The molecule has 0 saturated carbocycles. The molecule has 0 aliphatic carbocycles. The average molecular weight is 425 g/mol. The number of nitrogens with zero attached hydrogens (tertiary/aromatic N) is 2. The van der Waals surface area contributed by atoms with Crippen molar-refractivity contribution in [2.75, 3.05) is 14.2 Å². The summed E-state index contributed by atoms with van der Waals surface area (Å²) in [5, 5.41) is 3.10. The molecular formula is C26H23N3O3. The van der Waals surface area contributed by atoms with E-state index in [1.165, 1.54) is 0 Å². The highest BCUT2D eigenvalue weighted by atomic mass is 16.5. The molecule has 4 aromatic rings. The van der Waals surface area contributed by atoms with E-state index in [4.69, 9.17) is 9.47 Å². The zero-order chi connectivity index (χ0) is 22.3. The van der Waals surface area contributed by atoms with Crippen molar-refractivity contribution in [3.05, 3.63) is 108 Å². The van der Waals surface area contributed by atoms with E-state index >= 15 is 0 Å². The van der Waals surface area contributed by atoms with Gasteiger partial charge in [0.05, 0.1) is 25.8 Å². The Bertz CT molecular complexity index is 1110. The topological polar surface area (TPSA) is 73.3 Å². The molecule has 32 heavy (non-hydrogen) atoms. The number of benzene rings is 3. The van der Waals surface area contributed by atoms with Crippen LogP contribution in [0.1, 0.15) is 27.5 Å². The lowest BCUT2D eigenvalue weighted by Gasteiger charge is -2.20. The number of carbonyl (C=O) groups excluding carboxylic acids is 1. The number of nitrogens with one attached hydrogen (secondary N) is 1. The number of hydrogen-bond acceptors (Lipinski definition) is 5. The minimum atomic E-state index is -0.367. The molecule has 0 spiro atoms. The standard InChI is InChI=1S/C26H23N3O3/c1-31-22-12-8-18(9-13-22)24(19-10-14-23(32-2)15-11-19)29-26(30)21-16-27-25(28-17-21)20-6-4-3-5-7-20/h3-17,24H,1-2H3,(H,29,30). The van der Waals surface area contributed by atoms with Crippen molar-refractivity contribution >= 4 is 5.91 Å². The normalized spacial score (nSPS) is 10.6. The number of hydrogen-bond donors (Lipinski definition) is 1. The van der Waals surface area contributed by atoms with E-state index in [0.29, 0.717) is 11.4 Å². The smallest absolute Gasteiger partial charge is 0.255 e. The van der Waals surface area contributed by atoms with Crippen LogP contribution in [0.25, 0.3) is 11.4 Å². The molecule has 0 radical (unpaired) electrons. The van der Waals surface area contributed by atoms with Gasteiger partial charge in [0.15, 0.2) is 5.82 Å². The Morgan fingerprint density at radius 1 is 0.750 bits per heavy atom. The van der Waals surface area contributed by atoms with Gasteiger partial charge in [-0.2, -0.15) is 0 Å². The summed E-state index contributed by atoms with van der Waals surface area (Å²) in [4.78, 5) is 21.8. The highest BCUT2D eigenvalue weighted by Gasteiger charge is 2.19. The first-order valence-electron chi connectivity index (χ1n) is 10.1. The van der Waals surface area contributed by atoms with Crippen LogP contribution >= 0.6 is 0 Å². The van der Waals surface area contributed by atoms with Crippen molar-refractivity contribution in [3.8, 4) is 22.9 Å². The zero-order valence-corrected chi connectivity index (χ0v) is 17.9. The Balaban J connectivity index is 1.60. The Labute approximate surface area is 186 Å². The Morgan fingerprint density at radius 2 is 1.25 bits per heavy atom. The monoisotopic (exact) mass is 425 g/mol. The first-order chi connectivity index (χ1) is 15.7. The van der Waals surface area contributed by atoms with E-state index in [2.05, 4.69) is 15.3 Å². The Morgan fingerprint density at radius 3 is 1.72 bits per heavy atom. The summed E-state index contributed by atoms with van der Waals surface area (Å²) in [6.07, 6.45) is 3.09. The van der Waals surface area contributed by atoms with Crippen molar-refractivity contribution in [1.82, 2.24) is 15.3 Å². The maximum atomic E-state index is 13.1. The molecule has 1 N–H and O–H groups in total. The van der Waals surface area contributed by atoms with E-state index in [-0.39, 0.29) is 11.9 Å². The third-order valence-corrected chi connectivity index (χ3v) is 5.12. The third kappa shape index (κ3) is 4.75. The van der Waals surface area contributed by atoms with Crippen LogP contribution in [0, 0.1) is 0 Å². The van der Waals surface area contributed by atoms with E-state index in [0.717, 1.165) is 28.2 Å². The number of carbonyl (C=O) groups is 1. The molecule has 1 heterocycles. The lowest BCUT2D eigenvalue weighted by molar-refractivity contribution is 0.0942. The van der Waals surface area contributed by atoms with Gasteiger partial charge in [0, 0.05) is 18.0 Å². The van der Waals surface area contributed by atoms with Gasteiger partial charge in [0.25, 0.3) is 5.91 Å². The van der Waals surface area contributed by atoms with Gasteiger partial charge in [-0.15, -0.1) is 0 Å². The lowest BCUT2D eigenvalue weighted by Crippen LogP contribution is -2.29. The predicted molar refractivity (Wildman–Crippen MR) is 123 cm³/mol. The minimum Gasteiger partial charge on any atom is -0.497 e. The Hall–Kier alpha value is -4.19. The van der Waals surface area contributed by atoms with Crippen LogP contribution in [0.2, 0.25) is 0 Å². The van der Waals surface area contributed by atoms with Crippen LogP contribution in [-0.2, 0) is 0 Å². The largest absolute Gasteiger partial charge is 0.497 e. The van der Waals surface area contributed by atoms with Gasteiger partial charge in [-0.3, -0.25) is 4.79 Å². The maximum Gasteiger partial charge on any atom is 0.255 e. The van der Waals surface area contributed by atoms with Crippen LogP contribution in [0.5, 0.6) is 11.5 Å². The van der Waals surface area contributed by atoms with E-state index in [1.54, 1.807) is 26.6 Å². The number of methoxy groups -OCH3 is 2. The molecule has 0 aliphatic rings. The summed E-state index contributed by atoms with van der Waals surface area (Å²) in [5.41, 5.74) is 3.13. The van der Waals surface area contributed by atoms with Gasteiger partial charge in [0.1, 0.15) is 11.5 Å². The first kappa shape index (κ1) is 21.1. The highest BCUT2D eigenvalue weighted by Crippen LogP contribution is 2.26. The van der Waals surface area contributed by atoms with Crippen LogP contribution < -0.4 is 14.8 Å². The first-order valence-corrected chi connectivity index (χ1v) is 10.1. The Kier molecular flexibility index (Phi) is 6.41. The summed E-state index contributed by atoms with van der Waals surface area (Å²) in [6.45, 7) is 0. The zero-order valence-electron chi connectivity index (χ0n) is 17.9. The fraction of sp³-hybridized carbons (Fsp3) is 0.115. The fourth-order valence-corrected chi connectivity index (χ4v) is 3.35. The fourth-order valence-electron chi connectivity index (χ4n) is 3.35. The second-order valence-corrected chi connectivity index (χ2v) is 7.11. The minimum absolute atomic E-state index is 0.263. The molecule has 160 valence electrons. The van der Waals surface area contributed by atoms with Crippen LogP contribution in [0.3, 0.4) is 0 Å². The van der Waals surface area contributed by atoms with Gasteiger partial charge in [0.2, 0.25) is 0 Å². The quantitative estimate of drug-likeness (QED) is 0.465. The molecule has 1 aromatic heterocycles. The van der Waals surface area contributed by atoms with Crippen molar-refractivity contribution in [2.45, 2.75) is 6.04 Å². The average Bonchev–Trinajstić information content (AvgIpc) is 2.88. The third-order valence-electron chi connectivity index (χ3n) is 5.12. The van der Waals surface area contributed by atoms with Gasteiger partial charge < -0.3 is 14.8 Å². The van der Waals surface area contributed by atoms with Gasteiger partial charge >= 0.3 is 0 Å². The van der Waals surface area contributed by atoms with E-state index in [1.807, 2.05) is 78.9 Å². The molecule has 0 atom stereocenters. The summed E-state index contributed by atoms with van der Waals surface area (Å²) in [7, 11) is 3.24. The molecule has 0 bridgehead atoms. The predicted octanol–water partition coefficient (Wildman–Crippen LogP) is 4.68.